The third-order valence-corrected chi connectivity index (χ3v) is 3.51. The molecule has 2 rings (SSSR count). The molecule has 2 N–H and O–H groups in total. The Balaban J connectivity index is 1.84. The average Bonchev–Trinajstić information content (AvgIpc) is 2.81. The first-order valence-corrected chi connectivity index (χ1v) is 6.96. The maximum absolute atomic E-state index is 12.0. The first-order chi connectivity index (χ1) is 9.19. The summed E-state index contributed by atoms with van der Waals surface area (Å²) in [5.74, 6) is 2.01. The molecule has 6 heteroatoms. The minimum Gasteiger partial charge on any atom is -0.342 e. The molecule has 2 heterocycles. The molecule has 19 heavy (non-hydrogen) atoms. The lowest BCUT2D eigenvalue weighted by Gasteiger charge is -2.32. The van der Waals surface area contributed by atoms with Crippen molar-refractivity contribution in [3.8, 4) is 0 Å². The van der Waals surface area contributed by atoms with Crippen molar-refractivity contribution in [1.29, 1.82) is 0 Å². The van der Waals surface area contributed by atoms with Crippen LogP contribution in [0.25, 0.3) is 0 Å². The second kappa shape index (κ2) is 6.65. The molecule has 0 aliphatic carbocycles. The van der Waals surface area contributed by atoms with Gasteiger partial charge in [-0.05, 0) is 31.7 Å². The molecule has 0 aromatic carbocycles. The van der Waals surface area contributed by atoms with Gasteiger partial charge >= 0.3 is 0 Å². The molecule has 6 nitrogen and oxygen atoms in total. The number of nitrogens with zero attached hydrogens (tertiary/aromatic N) is 3. The van der Waals surface area contributed by atoms with Gasteiger partial charge < -0.3 is 15.2 Å². The number of rotatable bonds is 5. The van der Waals surface area contributed by atoms with E-state index in [1.54, 1.807) is 6.92 Å². The summed E-state index contributed by atoms with van der Waals surface area (Å²) in [6.07, 6.45) is 4.29. The van der Waals surface area contributed by atoms with Gasteiger partial charge in [-0.1, -0.05) is 5.16 Å². The van der Waals surface area contributed by atoms with Gasteiger partial charge in [-0.2, -0.15) is 4.98 Å². The minimum absolute atomic E-state index is 0.222. The van der Waals surface area contributed by atoms with E-state index in [9.17, 15) is 4.79 Å². The standard InChI is InChI=1S/C13H22N4O2/c1-10-15-12(16-19-10)8-11-4-3-7-17(9-11)13(18)5-2-6-14/h11H,2-9,14H2,1H3. The molecular weight excluding hydrogens is 244 g/mol. The summed E-state index contributed by atoms with van der Waals surface area (Å²) in [5.41, 5.74) is 5.44. The van der Waals surface area contributed by atoms with Crippen molar-refractivity contribution < 1.29 is 9.32 Å². The molecule has 1 saturated heterocycles. The lowest BCUT2D eigenvalue weighted by Crippen LogP contribution is -2.40. The predicted octanol–water partition coefficient (Wildman–Crippen LogP) is 0.898. The van der Waals surface area contributed by atoms with E-state index in [1.807, 2.05) is 4.90 Å². The van der Waals surface area contributed by atoms with Crippen LogP contribution in [-0.4, -0.2) is 40.6 Å². The van der Waals surface area contributed by atoms with Crippen LogP contribution in [0, 0.1) is 12.8 Å². The van der Waals surface area contributed by atoms with Crippen molar-refractivity contribution in [3.05, 3.63) is 11.7 Å². The molecule has 1 aromatic rings. The third-order valence-electron chi connectivity index (χ3n) is 3.51. The number of nitrogens with two attached hydrogens (primary N) is 1. The van der Waals surface area contributed by atoms with Gasteiger partial charge in [0, 0.05) is 32.9 Å². The van der Waals surface area contributed by atoms with Crippen LogP contribution >= 0.6 is 0 Å². The zero-order chi connectivity index (χ0) is 13.7. The van der Waals surface area contributed by atoms with E-state index in [1.165, 1.54) is 0 Å². The fourth-order valence-electron chi connectivity index (χ4n) is 2.55. The number of carbonyl (C=O) groups excluding carboxylic acids is 1. The Labute approximate surface area is 113 Å². The van der Waals surface area contributed by atoms with E-state index in [2.05, 4.69) is 10.1 Å². The van der Waals surface area contributed by atoms with Crippen LogP contribution < -0.4 is 5.73 Å². The number of aromatic nitrogens is 2. The monoisotopic (exact) mass is 266 g/mol. The lowest BCUT2D eigenvalue weighted by molar-refractivity contribution is -0.133. The molecule has 0 saturated carbocycles. The van der Waals surface area contributed by atoms with E-state index >= 15 is 0 Å². The molecule has 0 spiro atoms. The van der Waals surface area contributed by atoms with Crippen molar-refractivity contribution >= 4 is 5.91 Å². The number of piperidine rings is 1. The Morgan fingerprint density at radius 3 is 3.11 bits per heavy atom. The highest BCUT2D eigenvalue weighted by Gasteiger charge is 2.24. The Bertz CT molecular complexity index is 419. The summed E-state index contributed by atoms with van der Waals surface area (Å²) >= 11 is 0. The van der Waals surface area contributed by atoms with Crippen molar-refractivity contribution in [1.82, 2.24) is 15.0 Å². The number of likely N-dealkylation sites (tertiary alicyclic amines) is 1. The predicted molar refractivity (Wildman–Crippen MR) is 70.3 cm³/mol. The number of aryl methyl sites for hydroxylation is 1. The van der Waals surface area contributed by atoms with Crippen LogP contribution in [0.5, 0.6) is 0 Å². The quantitative estimate of drug-likeness (QED) is 0.855. The maximum atomic E-state index is 12.0. The molecule has 106 valence electrons. The van der Waals surface area contributed by atoms with E-state index in [0.717, 1.165) is 44.6 Å². The molecule has 1 aliphatic rings. The normalized spacial score (nSPS) is 19.7. The Hall–Kier alpha value is -1.43. The summed E-state index contributed by atoms with van der Waals surface area (Å²) < 4.78 is 4.98. The maximum Gasteiger partial charge on any atom is 0.223 e. The minimum atomic E-state index is 0.222. The molecule has 1 atom stereocenters. The highest BCUT2D eigenvalue weighted by Crippen LogP contribution is 2.20. The van der Waals surface area contributed by atoms with Gasteiger partial charge in [0.05, 0.1) is 0 Å². The molecule has 1 fully saturated rings. The Morgan fingerprint density at radius 1 is 1.58 bits per heavy atom. The summed E-state index contributed by atoms with van der Waals surface area (Å²) in [5, 5.41) is 3.92. The van der Waals surface area contributed by atoms with E-state index in [0.29, 0.717) is 24.8 Å². The topological polar surface area (TPSA) is 85.2 Å². The van der Waals surface area contributed by atoms with Crippen LogP contribution in [-0.2, 0) is 11.2 Å². The zero-order valence-corrected chi connectivity index (χ0v) is 11.5. The SMILES string of the molecule is Cc1nc(CC2CCCN(C(=O)CCCN)C2)no1. The molecule has 1 aliphatic heterocycles. The fraction of sp³-hybridized carbons (Fsp3) is 0.769. The largest absolute Gasteiger partial charge is 0.342 e. The van der Waals surface area contributed by atoms with Crippen molar-refractivity contribution in [2.45, 2.75) is 39.0 Å². The smallest absolute Gasteiger partial charge is 0.223 e. The van der Waals surface area contributed by atoms with Crippen LogP contribution in [0.3, 0.4) is 0 Å². The molecular formula is C13H22N4O2. The van der Waals surface area contributed by atoms with Crippen LogP contribution in [0.2, 0.25) is 0 Å². The molecule has 1 unspecified atom stereocenters. The summed E-state index contributed by atoms with van der Waals surface area (Å²) in [6, 6.07) is 0. The Kier molecular flexibility index (Phi) is 4.90. The second-order valence-electron chi connectivity index (χ2n) is 5.17. The van der Waals surface area contributed by atoms with Gasteiger partial charge in [0.2, 0.25) is 11.8 Å². The van der Waals surface area contributed by atoms with Gasteiger partial charge in [-0.25, -0.2) is 0 Å². The second-order valence-corrected chi connectivity index (χ2v) is 5.17. The summed E-state index contributed by atoms with van der Waals surface area (Å²) in [4.78, 5) is 18.2. The molecule has 0 radical (unpaired) electrons. The third kappa shape index (κ3) is 4.02. The van der Waals surface area contributed by atoms with Gasteiger partial charge in [0.15, 0.2) is 5.82 Å². The van der Waals surface area contributed by atoms with Crippen molar-refractivity contribution in [2.75, 3.05) is 19.6 Å². The van der Waals surface area contributed by atoms with Crippen LogP contribution in [0.1, 0.15) is 37.4 Å². The molecule has 1 aromatic heterocycles. The average molecular weight is 266 g/mol. The molecule has 1 amide bonds. The number of amides is 1. The first-order valence-electron chi connectivity index (χ1n) is 6.96. The van der Waals surface area contributed by atoms with Gasteiger partial charge in [0.25, 0.3) is 0 Å². The van der Waals surface area contributed by atoms with Gasteiger partial charge in [-0.15, -0.1) is 0 Å². The number of hydrogen-bond acceptors (Lipinski definition) is 5. The van der Waals surface area contributed by atoms with Crippen LogP contribution in [0.15, 0.2) is 4.52 Å². The van der Waals surface area contributed by atoms with Crippen molar-refractivity contribution in [3.63, 3.8) is 0 Å². The Morgan fingerprint density at radius 2 is 2.42 bits per heavy atom. The van der Waals surface area contributed by atoms with Gasteiger partial charge in [-0.3, -0.25) is 4.79 Å². The highest BCUT2D eigenvalue weighted by molar-refractivity contribution is 5.76. The van der Waals surface area contributed by atoms with Gasteiger partial charge in [0.1, 0.15) is 0 Å². The van der Waals surface area contributed by atoms with Crippen LogP contribution in [0.4, 0.5) is 0 Å². The van der Waals surface area contributed by atoms with E-state index < -0.39 is 0 Å². The zero-order valence-electron chi connectivity index (χ0n) is 11.5. The van der Waals surface area contributed by atoms with E-state index in [-0.39, 0.29) is 5.91 Å². The first kappa shape index (κ1) is 14.0. The number of hydrogen-bond donors (Lipinski definition) is 1. The fourth-order valence-corrected chi connectivity index (χ4v) is 2.55. The lowest BCUT2D eigenvalue weighted by atomic mass is 9.94. The van der Waals surface area contributed by atoms with Crippen molar-refractivity contribution in [2.24, 2.45) is 11.7 Å². The number of carbonyl (C=O) groups is 1. The summed E-state index contributed by atoms with van der Waals surface area (Å²) in [6.45, 7) is 4.04. The summed E-state index contributed by atoms with van der Waals surface area (Å²) in [7, 11) is 0. The molecule has 0 bridgehead atoms. The highest BCUT2D eigenvalue weighted by atomic mass is 16.5. The van der Waals surface area contributed by atoms with E-state index in [4.69, 9.17) is 10.3 Å².